The van der Waals surface area contributed by atoms with E-state index in [2.05, 4.69) is 22.0 Å². The molecule has 0 aromatic carbocycles. The predicted octanol–water partition coefficient (Wildman–Crippen LogP) is 1.30. The summed E-state index contributed by atoms with van der Waals surface area (Å²) in [5.41, 5.74) is 0.388. The van der Waals surface area contributed by atoms with Crippen LogP contribution in [0.4, 0.5) is 0 Å². The molecule has 0 aromatic heterocycles. The van der Waals surface area contributed by atoms with E-state index in [0.29, 0.717) is 5.54 Å². The minimum atomic E-state index is 0.388. The van der Waals surface area contributed by atoms with Crippen LogP contribution < -0.4 is 5.32 Å². The van der Waals surface area contributed by atoms with E-state index in [4.69, 9.17) is 0 Å². The molecule has 0 bridgehead atoms. The fourth-order valence-corrected chi connectivity index (χ4v) is 3.95. The molecule has 3 fully saturated rings. The first-order valence-electron chi connectivity index (χ1n) is 7.47. The number of piperazine rings is 1. The molecule has 2 unspecified atom stereocenters. The molecule has 3 rings (SSSR count). The molecule has 3 nitrogen and oxygen atoms in total. The minimum Gasteiger partial charge on any atom is -0.310 e. The van der Waals surface area contributed by atoms with Gasteiger partial charge in [-0.1, -0.05) is 6.42 Å². The Morgan fingerprint density at radius 3 is 2.94 bits per heavy atom. The quantitative estimate of drug-likeness (QED) is 0.781. The highest BCUT2D eigenvalue weighted by atomic mass is 15.3. The largest absolute Gasteiger partial charge is 0.310 e. The Labute approximate surface area is 106 Å². The average molecular weight is 237 g/mol. The molecule has 3 heterocycles. The second-order valence-corrected chi connectivity index (χ2v) is 6.51. The number of piperidine rings is 1. The summed E-state index contributed by atoms with van der Waals surface area (Å²) in [6.07, 6.45) is 6.99. The summed E-state index contributed by atoms with van der Waals surface area (Å²) in [6, 6.07) is 0.871. The fraction of sp³-hybridized carbons (Fsp3) is 1.00. The summed E-state index contributed by atoms with van der Waals surface area (Å²) in [6.45, 7) is 10.2. The lowest BCUT2D eigenvalue weighted by Gasteiger charge is -2.44. The summed E-state index contributed by atoms with van der Waals surface area (Å²) >= 11 is 0. The molecule has 0 aliphatic carbocycles. The molecule has 0 saturated carbocycles. The molecule has 1 N–H and O–H groups in total. The van der Waals surface area contributed by atoms with Crippen molar-refractivity contribution in [3.8, 4) is 0 Å². The monoisotopic (exact) mass is 237 g/mol. The van der Waals surface area contributed by atoms with Crippen LogP contribution in [0, 0.1) is 0 Å². The van der Waals surface area contributed by atoms with Crippen molar-refractivity contribution >= 4 is 0 Å². The highest BCUT2D eigenvalue weighted by Gasteiger charge is 2.34. The van der Waals surface area contributed by atoms with Crippen molar-refractivity contribution in [3.05, 3.63) is 0 Å². The van der Waals surface area contributed by atoms with E-state index in [1.807, 2.05) is 0 Å². The van der Waals surface area contributed by atoms with Gasteiger partial charge in [0.2, 0.25) is 0 Å². The second-order valence-electron chi connectivity index (χ2n) is 6.51. The van der Waals surface area contributed by atoms with Gasteiger partial charge in [0, 0.05) is 37.8 Å². The molecule has 3 aliphatic heterocycles. The van der Waals surface area contributed by atoms with Gasteiger partial charge < -0.3 is 5.32 Å². The molecule has 0 aromatic rings. The van der Waals surface area contributed by atoms with Gasteiger partial charge in [0.05, 0.1) is 0 Å². The maximum absolute atomic E-state index is 3.75. The Bertz CT molecular complexity index is 260. The van der Waals surface area contributed by atoms with Crippen molar-refractivity contribution in [1.29, 1.82) is 0 Å². The summed E-state index contributed by atoms with van der Waals surface area (Å²) < 4.78 is 0. The molecule has 3 heteroatoms. The van der Waals surface area contributed by atoms with Crippen LogP contribution in [0.2, 0.25) is 0 Å². The molecule has 0 spiro atoms. The summed E-state index contributed by atoms with van der Waals surface area (Å²) in [5.74, 6) is 0. The Balaban J connectivity index is 1.54. The van der Waals surface area contributed by atoms with Crippen LogP contribution in [0.5, 0.6) is 0 Å². The molecular weight excluding hydrogens is 210 g/mol. The first-order chi connectivity index (χ1) is 8.25. The van der Waals surface area contributed by atoms with E-state index < -0.39 is 0 Å². The summed E-state index contributed by atoms with van der Waals surface area (Å²) in [7, 11) is 0. The Kier molecular flexibility index (Phi) is 3.42. The van der Waals surface area contributed by atoms with Crippen LogP contribution >= 0.6 is 0 Å². The van der Waals surface area contributed by atoms with Crippen molar-refractivity contribution in [3.63, 3.8) is 0 Å². The lowest BCUT2D eigenvalue weighted by Crippen LogP contribution is -2.58. The average Bonchev–Trinajstić information content (AvgIpc) is 2.76. The topological polar surface area (TPSA) is 18.5 Å². The van der Waals surface area contributed by atoms with Gasteiger partial charge in [-0.05, 0) is 45.7 Å². The normalized spacial score (nSPS) is 40.4. The van der Waals surface area contributed by atoms with Crippen LogP contribution in [0.1, 0.15) is 39.0 Å². The van der Waals surface area contributed by atoms with E-state index in [-0.39, 0.29) is 0 Å². The number of nitrogens with zero attached hydrogens (tertiary/aromatic N) is 2. The maximum atomic E-state index is 3.75. The van der Waals surface area contributed by atoms with Crippen LogP contribution in [0.3, 0.4) is 0 Å². The Morgan fingerprint density at radius 2 is 2.12 bits per heavy atom. The first kappa shape index (κ1) is 11.9. The lowest BCUT2D eigenvalue weighted by atomic mass is 9.90. The van der Waals surface area contributed by atoms with E-state index in [1.165, 1.54) is 71.4 Å². The maximum Gasteiger partial charge on any atom is 0.0280 e. The van der Waals surface area contributed by atoms with Gasteiger partial charge in [-0.25, -0.2) is 0 Å². The van der Waals surface area contributed by atoms with Crippen LogP contribution in [-0.4, -0.2) is 60.6 Å². The number of fused-ring (bicyclic) bond motifs is 1. The van der Waals surface area contributed by atoms with Gasteiger partial charge in [0.1, 0.15) is 0 Å². The van der Waals surface area contributed by atoms with Crippen molar-refractivity contribution in [2.45, 2.75) is 50.6 Å². The number of hydrogen-bond donors (Lipinski definition) is 1. The zero-order valence-electron chi connectivity index (χ0n) is 11.2. The number of nitrogens with one attached hydrogen (secondary N) is 1. The highest BCUT2D eigenvalue weighted by molar-refractivity contribution is 4.93. The van der Waals surface area contributed by atoms with Crippen molar-refractivity contribution in [2.75, 3.05) is 39.3 Å². The fourth-order valence-electron chi connectivity index (χ4n) is 3.95. The van der Waals surface area contributed by atoms with Crippen LogP contribution in [0.15, 0.2) is 0 Å². The molecule has 17 heavy (non-hydrogen) atoms. The van der Waals surface area contributed by atoms with Crippen LogP contribution in [-0.2, 0) is 0 Å². The van der Waals surface area contributed by atoms with Crippen molar-refractivity contribution in [1.82, 2.24) is 15.1 Å². The molecule has 3 aliphatic rings. The summed E-state index contributed by atoms with van der Waals surface area (Å²) in [5, 5.41) is 3.75. The van der Waals surface area contributed by atoms with E-state index >= 15 is 0 Å². The van der Waals surface area contributed by atoms with E-state index in [1.54, 1.807) is 0 Å². The zero-order valence-corrected chi connectivity index (χ0v) is 11.2. The molecule has 3 saturated heterocycles. The van der Waals surface area contributed by atoms with Gasteiger partial charge in [-0.15, -0.1) is 0 Å². The zero-order chi connectivity index (χ0) is 11.7. The number of rotatable bonds is 2. The minimum absolute atomic E-state index is 0.388. The molecule has 0 amide bonds. The smallest absolute Gasteiger partial charge is 0.0280 e. The van der Waals surface area contributed by atoms with Gasteiger partial charge in [0.15, 0.2) is 0 Å². The van der Waals surface area contributed by atoms with Crippen molar-refractivity contribution < 1.29 is 0 Å². The van der Waals surface area contributed by atoms with Crippen molar-refractivity contribution in [2.24, 2.45) is 0 Å². The predicted molar refractivity (Wildman–Crippen MR) is 71.3 cm³/mol. The third-order valence-electron chi connectivity index (χ3n) is 4.95. The standard InChI is InChI=1S/C14H27N3/c1-14(6-2-3-7-15-14)12-16-9-10-17-8-4-5-13(17)11-16/h13,15H,2-12H2,1H3. The third-order valence-corrected chi connectivity index (χ3v) is 4.95. The highest BCUT2D eigenvalue weighted by Crippen LogP contribution is 2.25. The van der Waals surface area contributed by atoms with Gasteiger partial charge in [0.25, 0.3) is 0 Å². The Morgan fingerprint density at radius 1 is 1.18 bits per heavy atom. The van der Waals surface area contributed by atoms with Gasteiger partial charge in [-0.3, -0.25) is 9.80 Å². The van der Waals surface area contributed by atoms with Gasteiger partial charge >= 0.3 is 0 Å². The Hall–Kier alpha value is -0.120. The third kappa shape index (κ3) is 2.67. The molecule has 2 atom stereocenters. The SMILES string of the molecule is CC1(CN2CCN3CCCC3C2)CCCCN1. The number of hydrogen-bond acceptors (Lipinski definition) is 3. The first-order valence-corrected chi connectivity index (χ1v) is 7.47. The summed E-state index contributed by atoms with van der Waals surface area (Å²) in [4.78, 5) is 5.41. The van der Waals surface area contributed by atoms with Gasteiger partial charge in [-0.2, -0.15) is 0 Å². The molecular formula is C14H27N3. The van der Waals surface area contributed by atoms with Crippen LogP contribution in [0.25, 0.3) is 0 Å². The molecule has 98 valence electrons. The molecule has 0 radical (unpaired) electrons. The second kappa shape index (κ2) is 4.87. The van der Waals surface area contributed by atoms with E-state index in [9.17, 15) is 0 Å². The van der Waals surface area contributed by atoms with E-state index in [0.717, 1.165) is 6.04 Å². The lowest BCUT2D eigenvalue weighted by molar-refractivity contribution is 0.0742.